The molecular weight excluding hydrogens is 283 g/mol. The van der Waals surface area contributed by atoms with Crippen molar-refractivity contribution in [2.75, 3.05) is 14.2 Å². The smallest absolute Gasteiger partial charge is 0.342 e. The van der Waals surface area contributed by atoms with E-state index >= 15 is 0 Å². The van der Waals surface area contributed by atoms with Gasteiger partial charge in [-0.25, -0.2) is 9.18 Å². The monoisotopic (exact) mass is 302 g/mol. The SMILES string of the molecule is COC(=O)c1c(OC)cc(C(C)C)cc1-c1ccc(F)cc1. The fourth-order valence-corrected chi connectivity index (χ4v) is 2.30. The lowest BCUT2D eigenvalue weighted by Gasteiger charge is -2.16. The molecule has 0 saturated heterocycles. The Morgan fingerprint density at radius 2 is 1.73 bits per heavy atom. The van der Waals surface area contributed by atoms with Gasteiger partial charge in [0, 0.05) is 5.56 Å². The van der Waals surface area contributed by atoms with Gasteiger partial charge in [-0.3, -0.25) is 0 Å². The number of halogens is 1. The quantitative estimate of drug-likeness (QED) is 0.785. The molecule has 0 aromatic heterocycles. The average Bonchev–Trinajstić information content (AvgIpc) is 2.53. The molecule has 0 radical (unpaired) electrons. The third-order valence-electron chi connectivity index (χ3n) is 3.56. The van der Waals surface area contributed by atoms with Crippen molar-refractivity contribution in [3.63, 3.8) is 0 Å². The Morgan fingerprint density at radius 1 is 1.09 bits per heavy atom. The number of hydrogen-bond acceptors (Lipinski definition) is 3. The molecule has 0 aliphatic heterocycles. The van der Waals surface area contributed by atoms with E-state index in [2.05, 4.69) is 13.8 Å². The maximum atomic E-state index is 13.2. The van der Waals surface area contributed by atoms with Crippen molar-refractivity contribution in [2.24, 2.45) is 0 Å². The Labute approximate surface area is 129 Å². The molecule has 116 valence electrons. The van der Waals surface area contributed by atoms with E-state index in [9.17, 15) is 9.18 Å². The molecule has 0 unspecified atom stereocenters. The number of methoxy groups -OCH3 is 2. The molecule has 3 nitrogen and oxygen atoms in total. The number of carbonyl (C=O) groups excluding carboxylic acids is 1. The predicted molar refractivity (Wildman–Crippen MR) is 83.8 cm³/mol. The molecule has 4 heteroatoms. The summed E-state index contributed by atoms with van der Waals surface area (Å²) >= 11 is 0. The van der Waals surface area contributed by atoms with Crippen LogP contribution in [0.4, 0.5) is 4.39 Å². The molecule has 0 heterocycles. The molecular formula is C18H19FO3. The maximum Gasteiger partial charge on any atom is 0.342 e. The normalized spacial score (nSPS) is 10.6. The first-order valence-electron chi connectivity index (χ1n) is 7.04. The van der Waals surface area contributed by atoms with Gasteiger partial charge < -0.3 is 9.47 Å². The topological polar surface area (TPSA) is 35.5 Å². The Balaban J connectivity index is 2.74. The van der Waals surface area contributed by atoms with Gasteiger partial charge >= 0.3 is 5.97 Å². The highest BCUT2D eigenvalue weighted by molar-refractivity contribution is 6.00. The van der Waals surface area contributed by atoms with Gasteiger partial charge in [-0.05, 0) is 41.3 Å². The minimum Gasteiger partial charge on any atom is -0.496 e. The van der Waals surface area contributed by atoms with Crippen LogP contribution >= 0.6 is 0 Å². The Kier molecular flexibility index (Phi) is 4.81. The summed E-state index contributed by atoms with van der Waals surface area (Å²) in [4.78, 5) is 12.2. The van der Waals surface area contributed by atoms with Gasteiger partial charge in [0.05, 0.1) is 14.2 Å². The minimum atomic E-state index is -0.480. The lowest BCUT2D eigenvalue weighted by atomic mass is 9.92. The Hall–Kier alpha value is -2.36. The fourth-order valence-electron chi connectivity index (χ4n) is 2.30. The van der Waals surface area contributed by atoms with Crippen LogP contribution in [0.5, 0.6) is 5.75 Å². The van der Waals surface area contributed by atoms with Crippen LogP contribution in [0, 0.1) is 5.82 Å². The Bertz CT molecular complexity index is 675. The molecule has 0 amide bonds. The summed E-state index contributed by atoms with van der Waals surface area (Å²) in [7, 11) is 2.84. The standard InChI is InChI=1S/C18H19FO3/c1-11(2)13-9-15(12-5-7-14(19)8-6-12)17(18(20)22-4)16(10-13)21-3/h5-11H,1-4H3. The van der Waals surface area contributed by atoms with Crippen molar-refractivity contribution in [3.8, 4) is 16.9 Å². The van der Waals surface area contributed by atoms with Crippen LogP contribution in [0.2, 0.25) is 0 Å². The molecule has 0 bridgehead atoms. The van der Waals surface area contributed by atoms with Gasteiger partial charge in [-0.2, -0.15) is 0 Å². The van der Waals surface area contributed by atoms with Crippen LogP contribution in [0.15, 0.2) is 36.4 Å². The van der Waals surface area contributed by atoms with Crippen molar-refractivity contribution in [2.45, 2.75) is 19.8 Å². The number of rotatable bonds is 4. The number of esters is 1. The number of ether oxygens (including phenoxy) is 2. The average molecular weight is 302 g/mol. The van der Waals surface area contributed by atoms with E-state index in [0.717, 1.165) is 11.1 Å². The van der Waals surface area contributed by atoms with Crippen LogP contribution in [0.3, 0.4) is 0 Å². The molecule has 2 rings (SSSR count). The first-order valence-corrected chi connectivity index (χ1v) is 7.04. The predicted octanol–water partition coefficient (Wildman–Crippen LogP) is 4.41. The lowest BCUT2D eigenvalue weighted by Crippen LogP contribution is -2.08. The van der Waals surface area contributed by atoms with Crippen LogP contribution in [0.1, 0.15) is 35.7 Å². The van der Waals surface area contributed by atoms with E-state index in [1.165, 1.54) is 26.4 Å². The van der Waals surface area contributed by atoms with E-state index in [0.29, 0.717) is 16.9 Å². The van der Waals surface area contributed by atoms with Gasteiger partial charge in [-0.15, -0.1) is 0 Å². The molecule has 0 atom stereocenters. The highest BCUT2D eigenvalue weighted by Gasteiger charge is 2.21. The van der Waals surface area contributed by atoms with Crippen LogP contribution in [0.25, 0.3) is 11.1 Å². The van der Waals surface area contributed by atoms with Crippen molar-refractivity contribution < 1.29 is 18.7 Å². The molecule has 2 aromatic rings. The van der Waals surface area contributed by atoms with Crippen LogP contribution in [-0.4, -0.2) is 20.2 Å². The largest absolute Gasteiger partial charge is 0.496 e. The summed E-state index contributed by atoms with van der Waals surface area (Å²) in [5.41, 5.74) is 2.79. The van der Waals surface area contributed by atoms with E-state index in [4.69, 9.17) is 9.47 Å². The lowest BCUT2D eigenvalue weighted by molar-refractivity contribution is 0.0598. The summed E-state index contributed by atoms with van der Waals surface area (Å²) in [5.74, 6) is -0.0843. The fraction of sp³-hybridized carbons (Fsp3) is 0.278. The second kappa shape index (κ2) is 6.60. The van der Waals surface area contributed by atoms with Crippen molar-refractivity contribution in [1.29, 1.82) is 0 Å². The van der Waals surface area contributed by atoms with Crippen molar-refractivity contribution in [3.05, 3.63) is 53.3 Å². The van der Waals surface area contributed by atoms with E-state index in [1.807, 2.05) is 12.1 Å². The van der Waals surface area contributed by atoms with Crippen LogP contribution < -0.4 is 4.74 Å². The molecule has 0 fully saturated rings. The van der Waals surface area contributed by atoms with Gasteiger partial charge in [0.2, 0.25) is 0 Å². The van der Waals surface area contributed by atoms with Gasteiger partial charge in [0.1, 0.15) is 17.1 Å². The highest BCUT2D eigenvalue weighted by atomic mass is 19.1. The van der Waals surface area contributed by atoms with E-state index < -0.39 is 5.97 Å². The summed E-state index contributed by atoms with van der Waals surface area (Å²) in [6.45, 7) is 4.11. The van der Waals surface area contributed by atoms with E-state index in [1.54, 1.807) is 12.1 Å². The Morgan fingerprint density at radius 3 is 2.23 bits per heavy atom. The van der Waals surface area contributed by atoms with Crippen molar-refractivity contribution in [1.82, 2.24) is 0 Å². The first-order chi connectivity index (χ1) is 10.5. The summed E-state index contributed by atoms with van der Waals surface area (Å²) in [6, 6.07) is 9.77. The second-order valence-corrected chi connectivity index (χ2v) is 5.30. The van der Waals surface area contributed by atoms with Crippen molar-refractivity contribution >= 4 is 5.97 Å². The molecule has 0 saturated carbocycles. The third kappa shape index (κ3) is 3.11. The maximum absolute atomic E-state index is 13.2. The third-order valence-corrected chi connectivity index (χ3v) is 3.56. The zero-order valence-electron chi connectivity index (χ0n) is 13.1. The molecule has 0 aliphatic carbocycles. The molecule has 0 spiro atoms. The van der Waals surface area contributed by atoms with Gasteiger partial charge in [0.15, 0.2) is 0 Å². The van der Waals surface area contributed by atoms with Crippen LogP contribution in [-0.2, 0) is 4.74 Å². The molecule has 0 N–H and O–H groups in total. The molecule has 22 heavy (non-hydrogen) atoms. The minimum absolute atomic E-state index is 0.264. The summed E-state index contributed by atoms with van der Waals surface area (Å²) in [5, 5.41) is 0. The highest BCUT2D eigenvalue weighted by Crippen LogP contribution is 2.35. The summed E-state index contributed by atoms with van der Waals surface area (Å²) in [6.07, 6.45) is 0. The molecule has 2 aromatic carbocycles. The zero-order chi connectivity index (χ0) is 16.3. The summed E-state index contributed by atoms with van der Waals surface area (Å²) < 4.78 is 23.4. The zero-order valence-corrected chi connectivity index (χ0v) is 13.1. The van der Waals surface area contributed by atoms with Gasteiger partial charge in [-0.1, -0.05) is 26.0 Å². The van der Waals surface area contributed by atoms with E-state index in [-0.39, 0.29) is 11.7 Å². The first kappa shape index (κ1) is 16.0. The number of carbonyl (C=O) groups is 1. The van der Waals surface area contributed by atoms with Gasteiger partial charge in [0.25, 0.3) is 0 Å². The molecule has 0 aliphatic rings. The second-order valence-electron chi connectivity index (χ2n) is 5.30. The number of hydrogen-bond donors (Lipinski definition) is 0. The number of benzene rings is 2.